The van der Waals surface area contributed by atoms with Gasteiger partial charge in [0, 0.05) is 12.8 Å². The van der Waals surface area contributed by atoms with Gasteiger partial charge in [0.05, 0.1) is 13.1 Å². The minimum absolute atomic E-state index is 0.154. The lowest BCUT2D eigenvalue weighted by molar-refractivity contribution is -0.917. The molecule has 2 aliphatic rings. The highest BCUT2D eigenvalue weighted by Crippen LogP contribution is 2.49. The Labute approximate surface area is 110 Å². The normalized spacial score (nSPS) is 46.3. The van der Waals surface area contributed by atoms with Crippen molar-refractivity contribution in [1.82, 2.24) is 5.06 Å². The second kappa shape index (κ2) is 4.29. The van der Waals surface area contributed by atoms with Crippen LogP contribution in [-0.4, -0.2) is 45.5 Å². The van der Waals surface area contributed by atoms with E-state index in [2.05, 4.69) is 20.8 Å². The van der Waals surface area contributed by atoms with Gasteiger partial charge in [0.2, 0.25) is 0 Å². The lowest BCUT2D eigenvalue weighted by atomic mass is 9.79. The van der Waals surface area contributed by atoms with Crippen molar-refractivity contribution in [2.24, 2.45) is 5.92 Å². The molecule has 1 aliphatic carbocycles. The second-order valence-electron chi connectivity index (χ2n) is 6.71. The third-order valence-corrected chi connectivity index (χ3v) is 5.46. The molecular weight excluding hydrogens is 228 g/mol. The SMILES string of the molecule is CC1CCCC2(C1)N(O)[C@H](C)C(=O)[N+]2(C)C(C)C. The van der Waals surface area contributed by atoms with E-state index in [9.17, 15) is 10.0 Å². The summed E-state index contributed by atoms with van der Waals surface area (Å²) in [6.45, 7) is 8.23. The van der Waals surface area contributed by atoms with E-state index >= 15 is 0 Å². The van der Waals surface area contributed by atoms with Crippen LogP contribution in [-0.2, 0) is 4.79 Å². The first-order valence-corrected chi connectivity index (χ1v) is 7.16. The first-order valence-electron chi connectivity index (χ1n) is 7.16. The smallest absolute Gasteiger partial charge is 0.308 e. The Kier molecular flexibility index (Phi) is 3.33. The Morgan fingerprint density at radius 3 is 2.56 bits per heavy atom. The Morgan fingerprint density at radius 2 is 2.06 bits per heavy atom. The van der Waals surface area contributed by atoms with Crippen LogP contribution >= 0.6 is 0 Å². The molecule has 1 saturated carbocycles. The van der Waals surface area contributed by atoms with E-state index in [-0.39, 0.29) is 18.0 Å². The van der Waals surface area contributed by atoms with Gasteiger partial charge in [-0.25, -0.2) is 9.28 Å². The van der Waals surface area contributed by atoms with Crippen molar-refractivity contribution in [3.63, 3.8) is 0 Å². The van der Waals surface area contributed by atoms with Gasteiger partial charge in [0.15, 0.2) is 11.7 Å². The van der Waals surface area contributed by atoms with Crippen molar-refractivity contribution in [3.05, 3.63) is 0 Å². The monoisotopic (exact) mass is 255 g/mol. The molecule has 0 aromatic heterocycles. The molecule has 4 atom stereocenters. The molecule has 4 heteroatoms. The number of hydroxylamine groups is 2. The summed E-state index contributed by atoms with van der Waals surface area (Å²) in [6.07, 6.45) is 4.13. The first kappa shape index (κ1) is 14.0. The van der Waals surface area contributed by atoms with Gasteiger partial charge in [0.25, 0.3) is 0 Å². The van der Waals surface area contributed by atoms with Gasteiger partial charge in [-0.3, -0.25) is 0 Å². The lowest BCUT2D eigenvalue weighted by Gasteiger charge is -2.50. The van der Waals surface area contributed by atoms with E-state index in [1.807, 2.05) is 14.0 Å². The van der Waals surface area contributed by atoms with E-state index in [0.717, 1.165) is 19.3 Å². The van der Waals surface area contributed by atoms with Crippen molar-refractivity contribution in [2.45, 2.75) is 71.1 Å². The highest BCUT2D eigenvalue weighted by atomic mass is 16.5. The van der Waals surface area contributed by atoms with E-state index in [1.165, 1.54) is 11.5 Å². The summed E-state index contributed by atoms with van der Waals surface area (Å²) in [6, 6.07) is -0.190. The molecule has 0 bridgehead atoms. The van der Waals surface area contributed by atoms with Crippen molar-refractivity contribution >= 4 is 5.91 Å². The molecule has 0 radical (unpaired) electrons. The van der Waals surface area contributed by atoms with Crippen LogP contribution in [0.1, 0.15) is 53.4 Å². The van der Waals surface area contributed by atoms with Crippen LogP contribution < -0.4 is 0 Å². The van der Waals surface area contributed by atoms with Gasteiger partial charge in [-0.2, -0.15) is 0 Å². The quantitative estimate of drug-likeness (QED) is 0.731. The molecule has 0 aromatic rings. The highest BCUT2D eigenvalue weighted by Gasteiger charge is 2.68. The number of rotatable bonds is 1. The Hall–Kier alpha value is -0.450. The number of likely N-dealkylation sites (N-methyl/N-ethyl adjacent to an activating group) is 1. The molecule has 2 rings (SSSR count). The molecule has 1 spiro atoms. The van der Waals surface area contributed by atoms with E-state index in [4.69, 9.17) is 0 Å². The van der Waals surface area contributed by atoms with E-state index in [0.29, 0.717) is 10.4 Å². The Balaban J connectivity index is 2.50. The Bertz CT molecular complexity index is 358. The third kappa shape index (κ3) is 1.52. The van der Waals surface area contributed by atoms with Crippen molar-refractivity contribution in [1.29, 1.82) is 0 Å². The fourth-order valence-electron chi connectivity index (χ4n) is 4.13. The van der Waals surface area contributed by atoms with Crippen molar-refractivity contribution in [2.75, 3.05) is 7.05 Å². The second-order valence-corrected chi connectivity index (χ2v) is 6.71. The maximum absolute atomic E-state index is 12.6. The molecule has 1 heterocycles. The zero-order chi connectivity index (χ0) is 13.7. The minimum atomic E-state index is -0.400. The molecule has 3 unspecified atom stereocenters. The number of hydrogen-bond donors (Lipinski definition) is 1. The Morgan fingerprint density at radius 1 is 1.44 bits per heavy atom. The average molecular weight is 255 g/mol. The van der Waals surface area contributed by atoms with Gasteiger partial charge in [-0.15, -0.1) is 5.06 Å². The van der Waals surface area contributed by atoms with Gasteiger partial charge in [-0.1, -0.05) is 13.3 Å². The summed E-state index contributed by atoms with van der Waals surface area (Å²) >= 11 is 0. The van der Waals surface area contributed by atoms with Crippen LogP contribution in [0, 0.1) is 5.92 Å². The van der Waals surface area contributed by atoms with Gasteiger partial charge < -0.3 is 5.21 Å². The first-order chi connectivity index (χ1) is 8.27. The molecular formula is C14H27N2O2+. The van der Waals surface area contributed by atoms with E-state index in [1.54, 1.807) is 0 Å². The number of carbonyl (C=O) groups excluding carboxylic acids is 1. The van der Waals surface area contributed by atoms with Crippen LogP contribution in [0.5, 0.6) is 0 Å². The molecule has 1 amide bonds. The fourth-order valence-corrected chi connectivity index (χ4v) is 4.13. The van der Waals surface area contributed by atoms with Crippen LogP contribution in [0.25, 0.3) is 0 Å². The topological polar surface area (TPSA) is 40.5 Å². The largest absolute Gasteiger partial charge is 0.334 e. The maximum atomic E-state index is 12.6. The number of nitrogens with zero attached hydrogens (tertiary/aromatic N) is 2. The fraction of sp³-hybridized carbons (Fsp3) is 0.929. The van der Waals surface area contributed by atoms with Crippen molar-refractivity contribution in [3.8, 4) is 0 Å². The summed E-state index contributed by atoms with van der Waals surface area (Å²) in [4.78, 5) is 12.6. The summed E-state index contributed by atoms with van der Waals surface area (Å²) in [5.41, 5.74) is -0.400. The zero-order valence-corrected chi connectivity index (χ0v) is 12.3. The lowest BCUT2D eigenvalue weighted by Crippen LogP contribution is -2.68. The van der Waals surface area contributed by atoms with Crippen LogP contribution in [0.15, 0.2) is 0 Å². The number of hydrogen-bond acceptors (Lipinski definition) is 3. The molecule has 1 aliphatic heterocycles. The number of carbonyl (C=O) groups is 1. The maximum Gasteiger partial charge on any atom is 0.334 e. The minimum Gasteiger partial charge on any atom is -0.308 e. The third-order valence-electron chi connectivity index (χ3n) is 5.46. The summed E-state index contributed by atoms with van der Waals surface area (Å²) < 4.78 is 0.356. The standard InChI is InChI=1S/C14H27N2O2/c1-10(2)16(5)13(17)12(4)15(18)14(16)8-6-7-11(3)9-14/h10-12,18H,6-9H2,1-5H3/q+1/t11?,12-,14?,16?/m1/s1. The number of amides is 1. The van der Waals surface area contributed by atoms with Crippen molar-refractivity contribution < 1.29 is 14.5 Å². The molecule has 18 heavy (non-hydrogen) atoms. The van der Waals surface area contributed by atoms with Gasteiger partial charge in [-0.05, 0) is 33.1 Å². The van der Waals surface area contributed by atoms with E-state index < -0.39 is 5.66 Å². The molecule has 1 saturated heterocycles. The molecule has 2 fully saturated rings. The molecule has 1 N–H and O–H groups in total. The van der Waals surface area contributed by atoms with Crippen LogP contribution in [0.2, 0.25) is 0 Å². The van der Waals surface area contributed by atoms with Crippen LogP contribution in [0.3, 0.4) is 0 Å². The predicted octanol–water partition coefficient (Wildman–Crippen LogP) is 2.37. The summed E-state index contributed by atoms with van der Waals surface area (Å²) in [5, 5.41) is 11.9. The molecule has 0 aromatic carbocycles. The summed E-state index contributed by atoms with van der Waals surface area (Å²) in [5.74, 6) is 0.726. The average Bonchev–Trinajstić information content (AvgIpc) is 2.45. The predicted molar refractivity (Wildman–Crippen MR) is 69.8 cm³/mol. The van der Waals surface area contributed by atoms with Crippen LogP contribution in [0.4, 0.5) is 0 Å². The number of quaternary nitrogens is 1. The summed E-state index contributed by atoms with van der Waals surface area (Å²) in [7, 11) is 2.01. The zero-order valence-electron chi connectivity index (χ0n) is 12.3. The molecule has 104 valence electrons. The van der Waals surface area contributed by atoms with Gasteiger partial charge >= 0.3 is 5.91 Å². The molecule has 4 nitrogen and oxygen atoms in total. The highest BCUT2D eigenvalue weighted by molar-refractivity contribution is 5.77. The van der Waals surface area contributed by atoms with Gasteiger partial charge in [0.1, 0.15) is 0 Å².